The fourth-order valence-electron chi connectivity index (χ4n) is 3.00. The van der Waals surface area contributed by atoms with Crippen molar-refractivity contribution in [2.75, 3.05) is 32.8 Å². The van der Waals surface area contributed by atoms with E-state index in [4.69, 9.17) is 4.74 Å². The Kier molecular flexibility index (Phi) is 8.34. The molecule has 0 atom stereocenters. The predicted octanol–water partition coefficient (Wildman–Crippen LogP) is 2.09. The molecule has 1 saturated heterocycles. The van der Waals surface area contributed by atoms with Crippen molar-refractivity contribution in [2.24, 2.45) is 0 Å². The topological polar surface area (TPSA) is 70.7 Å². The number of piperidine rings is 1. The number of carbonyl (C=O) groups is 2. The van der Waals surface area contributed by atoms with Crippen LogP contribution in [0.5, 0.6) is 0 Å². The molecule has 0 aliphatic carbocycles. The van der Waals surface area contributed by atoms with Crippen LogP contribution in [0.15, 0.2) is 24.3 Å². The molecule has 1 heterocycles. The summed E-state index contributed by atoms with van der Waals surface area (Å²) in [6.45, 7) is 4.56. The summed E-state index contributed by atoms with van der Waals surface area (Å²) in [5.41, 5.74) is 0.610. The molecule has 6 nitrogen and oxygen atoms in total. The number of amides is 2. The number of likely N-dealkylation sites (tertiary alicyclic amines) is 1. The van der Waals surface area contributed by atoms with Crippen LogP contribution in [0.25, 0.3) is 0 Å². The molecule has 1 aliphatic heterocycles. The number of hydrogen-bond acceptors (Lipinski definition) is 4. The molecule has 7 heteroatoms. The first kappa shape index (κ1) is 20.2. The first-order valence-corrected chi connectivity index (χ1v) is 9.25. The third-order valence-corrected chi connectivity index (χ3v) is 4.48. The van der Waals surface area contributed by atoms with Gasteiger partial charge in [-0.1, -0.05) is 18.2 Å². The average molecular weight is 365 g/mol. The molecule has 0 unspecified atom stereocenters. The summed E-state index contributed by atoms with van der Waals surface area (Å²) in [5.74, 6) is -0.282. The van der Waals surface area contributed by atoms with Gasteiger partial charge in [0.05, 0.1) is 6.61 Å². The maximum atomic E-state index is 13.5. The van der Waals surface area contributed by atoms with E-state index in [0.717, 1.165) is 12.8 Å². The van der Waals surface area contributed by atoms with Gasteiger partial charge >= 0.3 is 6.09 Å². The molecule has 1 aromatic carbocycles. The number of benzene rings is 1. The number of nitrogens with zero attached hydrogens (tertiary/aromatic N) is 1. The number of hydrogen-bond donors (Lipinski definition) is 2. The highest BCUT2D eigenvalue weighted by atomic mass is 19.1. The van der Waals surface area contributed by atoms with Crippen molar-refractivity contribution in [3.05, 3.63) is 35.6 Å². The SMILES string of the molecule is CCOC(=O)N1CCC(NCCC(=O)NCCc2ccccc2F)CC1. The Bertz CT molecular complexity index is 589. The molecular formula is C19H28FN3O3. The molecule has 26 heavy (non-hydrogen) atoms. The van der Waals surface area contributed by atoms with Crippen LogP contribution in [-0.4, -0.2) is 55.7 Å². The molecule has 0 aromatic heterocycles. The van der Waals surface area contributed by atoms with Crippen molar-refractivity contribution < 1.29 is 18.7 Å². The summed E-state index contributed by atoms with van der Waals surface area (Å²) in [6, 6.07) is 6.91. The van der Waals surface area contributed by atoms with Gasteiger partial charge in [0.15, 0.2) is 0 Å². The highest BCUT2D eigenvalue weighted by molar-refractivity contribution is 5.76. The second-order valence-corrected chi connectivity index (χ2v) is 6.36. The summed E-state index contributed by atoms with van der Waals surface area (Å²) in [7, 11) is 0. The smallest absolute Gasteiger partial charge is 0.409 e. The third-order valence-electron chi connectivity index (χ3n) is 4.48. The zero-order chi connectivity index (χ0) is 18.8. The molecule has 1 fully saturated rings. The molecule has 0 radical (unpaired) electrons. The van der Waals surface area contributed by atoms with E-state index in [1.807, 2.05) is 0 Å². The van der Waals surface area contributed by atoms with Crippen LogP contribution in [0.4, 0.5) is 9.18 Å². The lowest BCUT2D eigenvalue weighted by atomic mass is 10.1. The Balaban J connectivity index is 1.55. The Morgan fingerprint density at radius 1 is 1.23 bits per heavy atom. The van der Waals surface area contributed by atoms with E-state index in [1.54, 1.807) is 30.0 Å². The minimum Gasteiger partial charge on any atom is -0.450 e. The molecule has 1 aliphatic rings. The Labute approximate surface area is 154 Å². The Morgan fingerprint density at radius 2 is 1.96 bits per heavy atom. The van der Waals surface area contributed by atoms with E-state index < -0.39 is 0 Å². The largest absolute Gasteiger partial charge is 0.450 e. The quantitative estimate of drug-likeness (QED) is 0.740. The third kappa shape index (κ3) is 6.63. The highest BCUT2D eigenvalue weighted by Crippen LogP contribution is 2.11. The van der Waals surface area contributed by atoms with Gasteiger partial charge in [0.2, 0.25) is 5.91 Å². The molecule has 0 saturated carbocycles. The predicted molar refractivity (Wildman–Crippen MR) is 97.4 cm³/mol. The zero-order valence-corrected chi connectivity index (χ0v) is 15.3. The van der Waals surface area contributed by atoms with Crippen molar-refractivity contribution in [1.29, 1.82) is 0 Å². The monoisotopic (exact) mass is 365 g/mol. The normalized spacial score (nSPS) is 14.9. The Hall–Kier alpha value is -2.15. The van der Waals surface area contributed by atoms with Gasteiger partial charge in [0.25, 0.3) is 0 Å². The van der Waals surface area contributed by atoms with Crippen LogP contribution in [0, 0.1) is 5.82 Å². The van der Waals surface area contributed by atoms with E-state index >= 15 is 0 Å². The van der Waals surface area contributed by atoms with Crippen molar-refractivity contribution >= 4 is 12.0 Å². The van der Waals surface area contributed by atoms with Crippen LogP contribution in [0.2, 0.25) is 0 Å². The first-order valence-electron chi connectivity index (χ1n) is 9.25. The van der Waals surface area contributed by atoms with Crippen molar-refractivity contribution in [1.82, 2.24) is 15.5 Å². The minimum absolute atomic E-state index is 0.0437. The van der Waals surface area contributed by atoms with Gasteiger partial charge in [0.1, 0.15) is 5.82 Å². The van der Waals surface area contributed by atoms with E-state index in [1.165, 1.54) is 6.07 Å². The number of nitrogens with one attached hydrogen (secondary N) is 2. The molecule has 1 aromatic rings. The van der Waals surface area contributed by atoms with Gasteiger partial charge in [-0.3, -0.25) is 4.79 Å². The van der Waals surface area contributed by atoms with E-state index in [2.05, 4.69) is 10.6 Å². The molecule has 2 N–H and O–H groups in total. The summed E-state index contributed by atoms with van der Waals surface area (Å²) in [4.78, 5) is 25.2. The first-order chi connectivity index (χ1) is 12.6. The molecule has 0 spiro atoms. The molecule has 144 valence electrons. The van der Waals surface area contributed by atoms with Crippen LogP contribution in [-0.2, 0) is 16.0 Å². The van der Waals surface area contributed by atoms with Crippen molar-refractivity contribution in [3.8, 4) is 0 Å². The maximum absolute atomic E-state index is 13.5. The maximum Gasteiger partial charge on any atom is 0.409 e. The van der Waals surface area contributed by atoms with Crippen LogP contribution < -0.4 is 10.6 Å². The average Bonchev–Trinajstić information content (AvgIpc) is 2.64. The molecule has 2 amide bonds. The second-order valence-electron chi connectivity index (χ2n) is 6.36. The minimum atomic E-state index is -0.250. The Morgan fingerprint density at radius 3 is 2.65 bits per heavy atom. The van der Waals surface area contributed by atoms with Gasteiger partial charge in [-0.15, -0.1) is 0 Å². The summed E-state index contributed by atoms with van der Waals surface area (Å²) >= 11 is 0. The van der Waals surface area contributed by atoms with Gasteiger partial charge in [-0.25, -0.2) is 9.18 Å². The molecular weight excluding hydrogens is 337 g/mol. The van der Waals surface area contributed by atoms with Gasteiger partial charge in [0, 0.05) is 38.6 Å². The summed E-state index contributed by atoms with van der Waals surface area (Å²) in [6.07, 6.45) is 2.33. The van der Waals surface area contributed by atoms with Gasteiger partial charge in [-0.05, 0) is 37.8 Å². The molecule has 2 rings (SSSR count). The van der Waals surface area contributed by atoms with Crippen molar-refractivity contribution in [3.63, 3.8) is 0 Å². The van der Waals surface area contributed by atoms with Crippen LogP contribution >= 0.6 is 0 Å². The number of ether oxygens (including phenoxy) is 1. The number of rotatable bonds is 8. The van der Waals surface area contributed by atoms with Crippen molar-refractivity contribution in [2.45, 2.75) is 38.6 Å². The molecule has 0 bridgehead atoms. The second kappa shape index (κ2) is 10.8. The van der Waals surface area contributed by atoms with Gasteiger partial charge in [-0.2, -0.15) is 0 Å². The summed E-state index contributed by atoms with van der Waals surface area (Å²) < 4.78 is 18.5. The fraction of sp³-hybridized carbons (Fsp3) is 0.579. The summed E-state index contributed by atoms with van der Waals surface area (Å²) in [5, 5.41) is 6.18. The van der Waals surface area contributed by atoms with Crippen LogP contribution in [0.1, 0.15) is 31.7 Å². The zero-order valence-electron chi connectivity index (χ0n) is 15.3. The lowest BCUT2D eigenvalue weighted by Crippen LogP contribution is -2.45. The lowest BCUT2D eigenvalue weighted by Gasteiger charge is -2.31. The van der Waals surface area contributed by atoms with E-state index in [-0.39, 0.29) is 17.8 Å². The van der Waals surface area contributed by atoms with E-state index in [9.17, 15) is 14.0 Å². The lowest BCUT2D eigenvalue weighted by molar-refractivity contribution is -0.121. The van der Waals surface area contributed by atoms with E-state index in [0.29, 0.717) is 57.2 Å². The fourth-order valence-corrected chi connectivity index (χ4v) is 3.00. The highest BCUT2D eigenvalue weighted by Gasteiger charge is 2.23. The van der Waals surface area contributed by atoms with Crippen LogP contribution in [0.3, 0.4) is 0 Å². The standard InChI is InChI=1S/C19H28FN3O3/c1-2-26-19(25)23-13-9-16(10-14-23)21-12-8-18(24)22-11-7-15-5-3-4-6-17(15)20/h3-6,16,21H,2,7-14H2,1H3,(H,22,24). The number of carbonyl (C=O) groups excluding carboxylic acids is 2. The van der Waals surface area contributed by atoms with Gasteiger partial charge < -0.3 is 20.3 Å². The number of halogens is 1.